The zero-order valence-corrected chi connectivity index (χ0v) is 10.9. The Hall–Kier alpha value is -0.120. The van der Waals surface area contributed by atoms with Crippen LogP contribution in [0.3, 0.4) is 0 Å². The van der Waals surface area contributed by atoms with Crippen molar-refractivity contribution in [2.75, 3.05) is 39.4 Å². The quantitative estimate of drug-likeness (QED) is 0.692. The number of hydrogen-bond acceptors (Lipinski definition) is 3. The third kappa shape index (κ3) is 2.83. The minimum atomic E-state index is 0.714. The summed E-state index contributed by atoms with van der Waals surface area (Å²) in [6.07, 6.45) is 8.25. The first-order valence-electron chi connectivity index (χ1n) is 7.49. The molecule has 2 unspecified atom stereocenters. The predicted molar refractivity (Wildman–Crippen MR) is 69.2 cm³/mol. The van der Waals surface area contributed by atoms with Crippen LogP contribution in [-0.4, -0.2) is 61.3 Å². The van der Waals surface area contributed by atoms with Gasteiger partial charge in [-0.05, 0) is 51.7 Å². The van der Waals surface area contributed by atoms with Crippen molar-refractivity contribution < 1.29 is 4.74 Å². The average Bonchev–Trinajstić information content (AvgIpc) is 2.62. The molecule has 0 aromatic heterocycles. The highest BCUT2D eigenvalue weighted by molar-refractivity contribution is 4.86. The van der Waals surface area contributed by atoms with Gasteiger partial charge in [-0.1, -0.05) is 6.42 Å². The zero-order valence-electron chi connectivity index (χ0n) is 10.9. The van der Waals surface area contributed by atoms with Crippen molar-refractivity contribution in [1.82, 2.24) is 9.80 Å². The number of fused-ring (bicyclic) bond motifs is 1. The summed E-state index contributed by atoms with van der Waals surface area (Å²) in [6.45, 7) is 7.23. The Balaban J connectivity index is 1.61. The Morgan fingerprint density at radius 1 is 0.765 bits per heavy atom. The van der Waals surface area contributed by atoms with Crippen molar-refractivity contribution in [2.24, 2.45) is 0 Å². The van der Waals surface area contributed by atoms with Gasteiger partial charge in [0.25, 0.3) is 0 Å². The predicted octanol–water partition coefficient (Wildman–Crippen LogP) is 1.73. The molecule has 3 aliphatic rings. The molecule has 3 saturated heterocycles. The van der Waals surface area contributed by atoms with Crippen LogP contribution in [0.5, 0.6) is 0 Å². The third-order valence-corrected chi connectivity index (χ3v) is 4.74. The first-order chi connectivity index (χ1) is 8.43. The summed E-state index contributed by atoms with van der Waals surface area (Å²) >= 11 is 0. The van der Waals surface area contributed by atoms with Crippen molar-refractivity contribution >= 4 is 0 Å². The lowest BCUT2D eigenvalue weighted by Gasteiger charge is -2.38. The molecule has 3 heterocycles. The first-order valence-corrected chi connectivity index (χ1v) is 7.49. The first kappa shape index (κ1) is 11.9. The molecular formula is C14H26N2O. The van der Waals surface area contributed by atoms with Crippen molar-refractivity contribution in [3.05, 3.63) is 0 Å². The maximum atomic E-state index is 5.66. The van der Waals surface area contributed by atoms with Crippen LogP contribution in [0.25, 0.3) is 0 Å². The summed E-state index contributed by atoms with van der Waals surface area (Å²) in [7, 11) is 0. The topological polar surface area (TPSA) is 15.7 Å². The molecule has 3 nitrogen and oxygen atoms in total. The molecule has 0 aromatic rings. The minimum Gasteiger partial charge on any atom is -0.380 e. The summed E-state index contributed by atoms with van der Waals surface area (Å²) in [5.74, 6) is 0. The molecule has 0 amide bonds. The molecule has 3 fully saturated rings. The van der Waals surface area contributed by atoms with Crippen LogP contribution in [0.15, 0.2) is 0 Å². The molecule has 0 radical (unpaired) electrons. The number of hydrogen-bond donors (Lipinski definition) is 0. The highest BCUT2D eigenvalue weighted by Crippen LogP contribution is 2.23. The van der Waals surface area contributed by atoms with Crippen LogP contribution in [0, 0.1) is 0 Å². The fraction of sp³-hybridized carbons (Fsp3) is 1.00. The zero-order chi connectivity index (χ0) is 11.5. The van der Waals surface area contributed by atoms with Crippen molar-refractivity contribution in [3.8, 4) is 0 Å². The van der Waals surface area contributed by atoms with E-state index < -0.39 is 0 Å². The molecule has 0 saturated carbocycles. The van der Waals surface area contributed by atoms with Crippen LogP contribution in [0.2, 0.25) is 0 Å². The van der Waals surface area contributed by atoms with Gasteiger partial charge in [-0.2, -0.15) is 0 Å². The van der Waals surface area contributed by atoms with Crippen LogP contribution >= 0.6 is 0 Å². The molecule has 98 valence electrons. The molecule has 0 aliphatic carbocycles. The van der Waals surface area contributed by atoms with Gasteiger partial charge in [0.05, 0.1) is 6.61 Å². The monoisotopic (exact) mass is 238 g/mol. The Morgan fingerprint density at radius 2 is 1.59 bits per heavy atom. The van der Waals surface area contributed by atoms with Gasteiger partial charge in [0, 0.05) is 25.2 Å². The van der Waals surface area contributed by atoms with Crippen LogP contribution in [0.4, 0.5) is 0 Å². The summed E-state index contributed by atoms with van der Waals surface area (Å²) in [5, 5.41) is 0. The Bertz CT molecular complexity index is 240. The smallest absolute Gasteiger partial charge is 0.0621 e. The molecule has 0 aromatic carbocycles. The Labute approximate surface area is 105 Å². The second-order valence-corrected chi connectivity index (χ2v) is 5.91. The molecule has 3 rings (SSSR count). The third-order valence-electron chi connectivity index (χ3n) is 4.74. The van der Waals surface area contributed by atoms with E-state index in [1.807, 2.05) is 0 Å². The van der Waals surface area contributed by atoms with E-state index in [0.717, 1.165) is 19.3 Å². The molecule has 0 N–H and O–H groups in total. The molecule has 3 heteroatoms. The normalized spacial score (nSPS) is 37.4. The van der Waals surface area contributed by atoms with Gasteiger partial charge < -0.3 is 4.74 Å². The maximum absolute atomic E-state index is 5.66. The molecule has 3 aliphatic heterocycles. The van der Waals surface area contributed by atoms with E-state index in [1.165, 1.54) is 64.7 Å². The van der Waals surface area contributed by atoms with Crippen molar-refractivity contribution in [1.29, 1.82) is 0 Å². The molecule has 0 bridgehead atoms. The summed E-state index contributed by atoms with van der Waals surface area (Å²) < 4.78 is 5.66. The van der Waals surface area contributed by atoms with E-state index in [0.29, 0.717) is 6.04 Å². The SMILES string of the molecule is C1CCN2CCCN(C3CCCOC3)CC2C1. The van der Waals surface area contributed by atoms with Gasteiger partial charge in [0.15, 0.2) is 0 Å². The summed E-state index contributed by atoms with van der Waals surface area (Å²) in [6, 6.07) is 1.55. The molecule has 0 spiro atoms. The van der Waals surface area contributed by atoms with Gasteiger partial charge >= 0.3 is 0 Å². The van der Waals surface area contributed by atoms with Gasteiger partial charge in [-0.15, -0.1) is 0 Å². The van der Waals surface area contributed by atoms with E-state index in [2.05, 4.69) is 9.80 Å². The highest BCUT2D eigenvalue weighted by atomic mass is 16.5. The summed E-state index contributed by atoms with van der Waals surface area (Å²) in [5.41, 5.74) is 0. The lowest BCUT2D eigenvalue weighted by Crippen LogP contribution is -2.48. The fourth-order valence-electron chi connectivity index (χ4n) is 3.74. The van der Waals surface area contributed by atoms with Crippen molar-refractivity contribution in [2.45, 2.75) is 50.6 Å². The van der Waals surface area contributed by atoms with Gasteiger partial charge in [-0.3, -0.25) is 9.80 Å². The van der Waals surface area contributed by atoms with E-state index in [-0.39, 0.29) is 0 Å². The minimum absolute atomic E-state index is 0.714. The second-order valence-electron chi connectivity index (χ2n) is 5.91. The van der Waals surface area contributed by atoms with E-state index in [4.69, 9.17) is 4.74 Å². The molecule has 2 atom stereocenters. The number of nitrogens with zero attached hydrogens (tertiary/aromatic N) is 2. The standard InChI is InChI=1S/C14H26N2O/c1-2-7-15-8-4-9-16(11-13(15)5-1)14-6-3-10-17-12-14/h13-14H,1-12H2. The van der Waals surface area contributed by atoms with E-state index >= 15 is 0 Å². The number of rotatable bonds is 1. The van der Waals surface area contributed by atoms with Gasteiger partial charge in [-0.25, -0.2) is 0 Å². The fourth-order valence-corrected chi connectivity index (χ4v) is 3.74. The molecule has 17 heavy (non-hydrogen) atoms. The molecular weight excluding hydrogens is 212 g/mol. The second kappa shape index (κ2) is 5.68. The maximum Gasteiger partial charge on any atom is 0.0621 e. The van der Waals surface area contributed by atoms with Crippen molar-refractivity contribution in [3.63, 3.8) is 0 Å². The van der Waals surface area contributed by atoms with Crippen LogP contribution < -0.4 is 0 Å². The number of ether oxygens (including phenoxy) is 1. The lowest BCUT2D eigenvalue weighted by molar-refractivity contribution is 0.0120. The van der Waals surface area contributed by atoms with E-state index in [1.54, 1.807) is 0 Å². The van der Waals surface area contributed by atoms with E-state index in [9.17, 15) is 0 Å². The Morgan fingerprint density at radius 3 is 2.47 bits per heavy atom. The van der Waals surface area contributed by atoms with Crippen LogP contribution in [-0.2, 0) is 4.74 Å². The Kier molecular flexibility index (Phi) is 3.99. The average molecular weight is 238 g/mol. The van der Waals surface area contributed by atoms with Gasteiger partial charge in [0.2, 0.25) is 0 Å². The number of piperidine rings is 1. The van der Waals surface area contributed by atoms with Gasteiger partial charge in [0.1, 0.15) is 0 Å². The summed E-state index contributed by atoms with van der Waals surface area (Å²) in [4.78, 5) is 5.47. The largest absolute Gasteiger partial charge is 0.380 e. The van der Waals surface area contributed by atoms with Crippen LogP contribution in [0.1, 0.15) is 38.5 Å². The highest BCUT2D eigenvalue weighted by Gasteiger charge is 2.30. The lowest BCUT2D eigenvalue weighted by atomic mass is 10.0.